The summed E-state index contributed by atoms with van der Waals surface area (Å²) in [6, 6.07) is 12.5. The molecule has 0 radical (unpaired) electrons. The lowest BCUT2D eigenvalue weighted by atomic mass is 9.73. The van der Waals surface area contributed by atoms with Gasteiger partial charge in [-0.25, -0.2) is 4.79 Å². The number of urea groups is 1. The van der Waals surface area contributed by atoms with Crippen LogP contribution in [0.5, 0.6) is 0 Å². The number of nitrogens with zero attached hydrogens (tertiary/aromatic N) is 1. The first-order valence-electron chi connectivity index (χ1n) is 9.37. The van der Waals surface area contributed by atoms with Gasteiger partial charge in [0, 0.05) is 34.7 Å². The summed E-state index contributed by atoms with van der Waals surface area (Å²) in [7, 11) is 1.64. The van der Waals surface area contributed by atoms with Gasteiger partial charge < -0.3 is 10.2 Å². The topological polar surface area (TPSA) is 78.5 Å². The Morgan fingerprint density at radius 3 is 2.48 bits per heavy atom. The molecule has 2 aromatic rings. The van der Waals surface area contributed by atoms with Gasteiger partial charge in [-0.3, -0.25) is 14.9 Å². The first kappa shape index (κ1) is 17.9. The Bertz CT molecular complexity index is 1140. The van der Waals surface area contributed by atoms with Gasteiger partial charge in [0.15, 0.2) is 5.78 Å². The van der Waals surface area contributed by atoms with Gasteiger partial charge in [0.05, 0.1) is 11.6 Å². The second kappa shape index (κ2) is 6.19. The van der Waals surface area contributed by atoms with E-state index in [4.69, 9.17) is 11.6 Å². The number of aryl methyl sites for hydroxylation is 1. The third kappa shape index (κ3) is 2.45. The number of hydrogen-bond donors (Lipinski definition) is 2. The molecule has 6 nitrogen and oxygen atoms in total. The highest BCUT2D eigenvalue weighted by Crippen LogP contribution is 2.48. The van der Waals surface area contributed by atoms with E-state index in [0.29, 0.717) is 21.9 Å². The Morgan fingerprint density at radius 2 is 1.76 bits per heavy atom. The molecule has 2 N–H and O–H groups in total. The molecule has 2 aliphatic heterocycles. The quantitative estimate of drug-likeness (QED) is 0.761. The maximum Gasteiger partial charge on any atom is 0.325 e. The van der Waals surface area contributed by atoms with E-state index in [0.717, 1.165) is 16.7 Å². The smallest absolute Gasteiger partial charge is 0.325 e. The fourth-order valence-corrected chi connectivity index (χ4v) is 4.76. The Kier molecular flexibility index (Phi) is 3.83. The third-order valence-corrected chi connectivity index (χ3v) is 6.49. The number of benzene rings is 2. The highest BCUT2D eigenvalue weighted by molar-refractivity contribution is 6.31. The van der Waals surface area contributed by atoms with Crippen LogP contribution in [0.3, 0.4) is 0 Å². The van der Waals surface area contributed by atoms with E-state index < -0.39 is 29.9 Å². The van der Waals surface area contributed by atoms with Gasteiger partial charge in [0.1, 0.15) is 6.17 Å². The van der Waals surface area contributed by atoms with Crippen LogP contribution in [0.1, 0.15) is 33.0 Å². The minimum absolute atomic E-state index is 0.101. The molecular formula is C22H18ClN3O3. The van der Waals surface area contributed by atoms with E-state index in [2.05, 4.69) is 10.6 Å². The van der Waals surface area contributed by atoms with Gasteiger partial charge in [0.25, 0.3) is 0 Å². The highest BCUT2D eigenvalue weighted by atomic mass is 35.5. The summed E-state index contributed by atoms with van der Waals surface area (Å²) >= 11 is 6.38. The van der Waals surface area contributed by atoms with Crippen LogP contribution in [0.25, 0.3) is 5.70 Å². The molecule has 146 valence electrons. The van der Waals surface area contributed by atoms with E-state index in [-0.39, 0.29) is 5.78 Å². The lowest BCUT2D eigenvalue weighted by molar-refractivity contribution is -0.129. The average molecular weight is 408 g/mol. The van der Waals surface area contributed by atoms with Gasteiger partial charge >= 0.3 is 6.03 Å². The van der Waals surface area contributed by atoms with Crippen molar-refractivity contribution in [3.63, 3.8) is 0 Å². The molecule has 5 rings (SSSR count). The molecule has 1 aliphatic carbocycles. The van der Waals surface area contributed by atoms with E-state index in [1.165, 1.54) is 4.90 Å². The highest BCUT2D eigenvalue weighted by Gasteiger charge is 2.53. The molecule has 2 heterocycles. The van der Waals surface area contributed by atoms with Crippen LogP contribution >= 0.6 is 11.6 Å². The lowest BCUT2D eigenvalue weighted by Crippen LogP contribution is -2.66. The molecule has 3 unspecified atom stereocenters. The van der Waals surface area contributed by atoms with Gasteiger partial charge in [-0.05, 0) is 24.1 Å². The molecule has 0 bridgehead atoms. The molecule has 1 saturated heterocycles. The molecule has 3 amide bonds. The monoisotopic (exact) mass is 407 g/mol. The Balaban J connectivity index is 1.76. The van der Waals surface area contributed by atoms with Gasteiger partial charge in [-0.15, -0.1) is 0 Å². The SMILES string of the molecule is Cc1ccc(C2C3=C(NC4C2C(=O)NC(=O)N4C)c2ccccc2C3=O)cc1Cl. The Labute approximate surface area is 172 Å². The number of ketones is 1. The van der Waals surface area contributed by atoms with E-state index >= 15 is 0 Å². The van der Waals surface area contributed by atoms with Crippen molar-refractivity contribution in [3.05, 3.63) is 75.3 Å². The summed E-state index contributed by atoms with van der Waals surface area (Å²) < 4.78 is 0. The standard InChI is InChI=1S/C22H18ClN3O3/c1-10-7-8-11(9-14(10)23)15-16-18(12-5-3-4-6-13(12)19(16)27)24-20-17(15)21(28)25-22(29)26(20)2/h3-9,15,17,20,24H,1-2H3,(H,25,28,29). The van der Waals surface area contributed by atoms with Crippen molar-refractivity contribution >= 4 is 35.0 Å². The van der Waals surface area contributed by atoms with Crippen LogP contribution in [0.4, 0.5) is 4.79 Å². The summed E-state index contributed by atoms with van der Waals surface area (Å²) in [6.45, 7) is 1.90. The van der Waals surface area contributed by atoms with Crippen molar-refractivity contribution < 1.29 is 14.4 Å². The number of hydrogen-bond acceptors (Lipinski definition) is 4. The van der Waals surface area contributed by atoms with Gasteiger partial charge in [-0.2, -0.15) is 0 Å². The molecule has 0 spiro atoms. The number of carbonyl (C=O) groups is 3. The van der Waals surface area contributed by atoms with E-state index in [1.807, 2.05) is 43.3 Å². The predicted molar refractivity (Wildman–Crippen MR) is 108 cm³/mol. The van der Waals surface area contributed by atoms with Crippen molar-refractivity contribution in [2.24, 2.45) is 5.92 Å². The summed E-state index contributed by atoms with van der Waals surface area (Å²) in [5.41, 5.74) is 4.32. The zero-order valence-electron chi connectivity index (χ0n) is 15.8. The number of allylic oxidation sites excluding steroid dienone is 1. The van der Waals surface area contributed by atoms with Gasteiger partial charge in [-0.1, -0.05) is 48.0 Å². The third-order valence-electron chi connectivity index (χ3n) is 6.08. The largest absolute Gasteiger partial charge is 0.364 e. The van der Waals surface area contributed by atoms with Crippen LogP contribution in [-0.2, 0) is 4.79 Å². The summed E-state index contributed by atoms with van der Waals surface area (Å²) in [6.07, 6.45) is -0.570. The molecule has 3 aliphatic rings. The fraction of sp³-hybridized carbons (Fsp3) is 0.227. The van der Waals surface area contributed by atoms with Crippen LogP contribution in [0.15, 0.2) is 48.0 Å². The minimum atomic E-state index is -0.659. The number of Topliss-reactive ketones (excluding diaryl/α,β-unsaturated/α-hetero) is 1. The number of carbonyl (C=O) groups excluding carboxylic acids is 3. The normalized spacial score (nSPS) is 25.3. The molecule has 3 atom stereocenters. The Hall–Kier alpha value is -3.12. The van der Waals surface area contributed by atoms with Crippen LogP contribution < -0.4 is 10.6 Å². The van der Waals surface area contributed by atoms with Crippen LogP contribution in [0.2, 0.25) is 5.02 Å². The number of imide groups is 1. The van der Waals surface area contributed by atoms with E-state index in [1.54, 1.807) is 13.1 Å². The maximum absolute atomic E-state index is 13.4. The second-order valence-corrected chi connectivity index (χ2v) is 8.08. The summed E-state index contributed by atoms with van der Waals surface area (Å²) in [5.74, 6) is -1.68. The fourth-order valence-electron chi connectivity index (χ4n) is 4.57. The second-order valence-electron chi connectivity index (χ2n) is 7.67. The molecular weight excluding hydrogens is 390 g/mol. The lowest BCUT2D eigenvalue weighted by Gasteiger charge is -2.46. The van der Waals surface area contributed by atoms with Crippen molar-refractivity contribution in [3.8, 4) is 0 Å². The zero-order chi connectivity index (χ0) is 20.4. The van der Waals surface area contributed by atoms with Crippen molar-refractivity contribution in [1.29, 1.82) is 0 Å². The summed E-state index contributed by atoms with van der Waals surface area (Å²) in [5, 5.41) is 6.29. The minimum Gasteiger partial charge on any atom is -0.364 e. The number of fused-ring (bicyclic) bond motifs is 3. The zero-order valence-corrected chi connectivity index (χ0v) is 16.6. The molecule has 29 heavy (non-hydrogen) atoms. The predicted octanol–water partition coefficient (Wildman–Crippen LogP) is 3.07. The Morgan fingerprint density at radius 1 is 1.03 bits per heavy atom. The van der Waals surface area contributed by atoms with Crippen molar-refractivity contribution in [1.82, 2.24) is 15.5 Å². The maximum atomic E-state index is 13.4. The van der Waals surface area contributed by atoms with E-state index in [9.17, 15) is 14.4 Å². The average Bonchev–Trinajstić information content (AvgIpc) is 2.99. The molecule has 2 aromatic carbocycles. The number of halogens is 1. The first-order valence-corrected chi connectivity index (χ1v) is 9.75. The van der Waals surface area contributed by atoms with Crippen molar-refractivity contribution in [2.45, 2.75) is 19.0 Å². The first-order chi connectivity index (χ1) is 13.9. The van der Waals surface area contributed by atoms with Crippen molar-refractivity contribution in [2.75, 3.05) is 7.05 Å². The summed E-state index contributed by atoms with van der Waals surface area (Å²) in [4.78, 5) is 40.0. The molecule has 0 aromatic heterocycles. The number of rotatable bonds is 1. The van der Waals surface area contributed by atoms with Crippen LogP contribution in [-0.4, -0.2) is 35.8 Å². The molecule has 7 heteroatoms. The number of amides is 3. The molecule has 0 saturated carbocycles. The number of nitrogens with one attached hydrogen (secondary N) is 2. The molecule has 1 fully saturated rings. The van der Waals surface area contributed by atoms with Crippen LogP contribution in [0, 0.1) is 12.8 Å². The van der Waals surface area contributed by atoms with Gasteiger partial charge in [0.2, 0.25) is 5.91 Å².